The second kappa shape index (κ2) is 14.5. The molecule has 3 aromatic carbocycles. The van der Waals surface area contributed by atoms with Crippen molar-refractivity contribution in [3.63, 3.8) is 0 Å². The van der Waals surface area contributed by atoms with Gasteiger partial charge in [-0.3, -0.25) is 9.47 Å². The van der Waals surface area contributed by atoms with E-state index in [9.17, 15) is 9.59 Å². The van der Waals surface area contributed by atoms with Crippen LogP contribution in [0, 0.1) is 15.7 Å². The molecule has 5 rings (SSSR count). The third-order valence-electron chi connectivity index (χ3n) is 8.09. The van der Waals surface area contributed by atoms with Gasteiger partial charge in [0.25, 0.3) is 0 Å². The van der Waals surface area contributed by atoms with Gasteiger partial charge in [0, 0.05) is 35.1 Å². The van der Waals surface area contributed by atoms with Gasteiger partial charge in [-0.05, 0) is 80.5 Å². The van der Waals surface area contributed by atoms with Crippen molar-refractivity contribution in [2.75, 3.05) is 17.2 Å². The number of imidazole rings is 1. The summed E-state index contributed by atoms with van der Waals surface area (Å²) in [6.45, 7) is 15.1. The first kappa shape index (κ1) is 35.3. The molecule has 11 heteroatoms. The van der Waals surface area contributed by atoms with Gasteiger partial charge in [-0.15, -0.1) is 0 Å². The summed E-state index contributed by atoms with van der Waals surface area (Å²) in [4.78, 5) is 36.0. The van der Waals surface area contributed by atoms with Gasteiger partial charge in [0.2, 0.25) is 5.95 Å². The Labute approximate surface area is 285 Å². The van der Waals surface area contributed by atoms with E-state index in [1.165, 1.54) is 0 Å². The molecule has 0 bridgehead atoms. The lowest BCUT2D eigenvalue weighted by atomic mass is 9.87. The monoisotopic (exact) mass is 702 g/mol. The van der Waals surface area contributed by atoms with Crippen LogP contribution >= 0.6 is 15.9 Å². The fourth-order valence-electron chi connectivity index (χ4n) is 5.35. The first-order valence-electron chi connectivity index (χ1n) is 15.5. The maximum Gasteiger partial charge on any atom is 0.414 e. The normalized spacial score (nSPS) is 13.2. The van der Waals surface area contributed by atoms with Crippen molar-refractivity contribution in [1.82, 2.24) is 14.5 Å². The van der Waals surface area contributed by atoms with Crippen LogP contribution in [0.2, 0.25) is 0 Å². The Morgan fingerprint density at radius 3 is 2.36 bits per heavy atom. The molecule has 1 aliphatic heterocycles. The van der Waals surface area contributed by atoms with Crippen LogP contribution in [0.15, 0.2) is 66.7 Å². The summed E-state index contributed by atoms with van der Waals surface area (Å²) in [5.41, 5.74) is 11.8. The number of fused-ring (bicyclic) bond motifs is 2. The van der Waals surface area contributed by atoms with Gasteiger partial charge in [0.15, 0.2) is 0 Å². The number of anilines is 2. The standard InChI is InChI=1S/C35H43N5O4.CBrN/c1-23(34(2,3)4)39(32(41)43-22-24-11-9-8-10-12-24)21-25-13-16-29-28(19-25)37-31(36)40(29)27-15-14-26-17-18-38(30(26)20-27)33(42)44-35(5,6)7;2-1-3/h8-16,19-20,23H,17-18,21-22H2,1-7H3,(H2,36,37);/t23-;/m0./s1. The Morgan fingerprint density at radius 1 is 1.04 bits per heavy atom. The minimum atomic E-state index is -0.584. The zero-order valence-corrected chi connectivity index (χ0v) is 29.7. The van der Waals surface area contributed by atoms with Gasteiger partial charge in [-0.25, -0.2) is 14.6 Å². The zero-order chi connectivity index (χ0) is 34.5. The molecular weight excluding hydrogens is 660 g/mol. The average Bonchev–Trinajstić information content (AvgIpc) is 3.57. The van der Waals surface area contributed by atoms with Gasteiger partial charge in [-0.2, -0.15) is 5.26 Å². The van der Waals surface area contributed by atoms with Crippen molar-refractivity contribution in [3.8, 4) is 10.7 Å². The number of hydrogen-bond acceptors (Lipinski definition) is 7. The molecule has 47 heavy (non-hydrogen) atoms. The minimum Gasteiger partial charge on any atom is -0.445 e. The summed E-state index contributed by atoms with van der Waals surface area (Å²) >= 11 is 2.45. The third-order valence-corrected chi connectivity index (χ3v) is 8.09. The number of benzene rings is 3. The van der Waals surface area contributed by atoms with Crippen LogP contribution < -0.4 is 10.6 Å². The maximum absolute atomic E-state index is 13.4. The highest BCUT2D eigenvalue weighted by molar-refractivity contribution is 9.12. The molecular formula is C36H43BrN6O4. The van der Waals surface area contributed by atoms with Crippen LogP contribution in [0.3, 0.4) is 0 Å². The van der Waals surface area contributed by atoms with Crippen molar-refractivity contribution in [1.29, 1.82) is 5.26 Å². The summed E-state index contributed by atoms with van der Waals surface area (Å²) in [5.74, 6) is 0.334. The molecule has 1 atom stereocenters. The topological polar surface area (TPSA) is 127 Å². The Morgan fingerprint density at radius 2 is 1.72 bits per heavy atom. The van der Waals surface area contributed by atoms with Gasteiger partial charge >= 0.3 is 12.2 Å². The Balaban J connectivity index is 0.00000160. The van der Waals surface area contributed by atoms with E-state index in [4.69, 9.17) is 20.5 Å². The summed E-state index contributed by atoms with van der Waals surface area (Å²) < 4.78 is 13.3. The molecule has 0 saturated heterocycles. The molecule has 248 valence electrons. The number of rotatable bonds is 6. The number of nitrogens with two attached hydrogens (primary N) is 1. The molecule has 0 fully saturated rings. The van der Waals surface area contributed by atoms with Gasteiger partial charge in [0.1, 0.15) is 17.2 Å². The molecule has 0 unspecified atom stereocenters. The second-order valence-corrected chi connectivity index (χ2v) is 14.0. The first-order valence-corrected chi connectivity index (χ1v) is 16.3. The summed E-state index contributed by atoms with van der Waals surface area (Å²) in [6.07, 6.45) is 0.0299. The molecule has 0 saturated carbocycles. The van der Waals surface area contributed by atoms with Gasteiger partial charge in [-0.1, -0.05) is 63.2 Å². The Hall–Kier alpha value is -4.56. The van der Waals surface area contributed by atoms with Crippen LogP contribution in [0.25, 0.3) is 16.7 Å². The highest BCUT2D eigenvalue weighted by Crippen LogP contribution is 2.34. The van der Waals surface area contributed by atoms with Gasteiger partial charge in [0.05, 0.1) is 22.4 Å². The van der Waals surface area contributed by atoms with E-state index in [0.29, 0.717) is 24.6 Å². The van der Waals surface area contributed by atoms with Crippen molar-refractivity contribution >= 4 is 50.8 Å². The predicted molar refractivity (Wildman–Crippen MR) is 188 cm³/mol. The molecule has 1 aromatic heterocycles. The van der Waals surface area contributed by atoms with E-state index < -0.39 is 5.60 Å². The largest absolute Gasteiger partial charge is 0.445 e. The van der Waals surface area contributed by atoms with E-state index in [0.717, 1.165) is 40.0 Å². The molecule has 0 radical (unpaired) electrons. The lowest BCUT2D eigenvalue weighted by Gasteiger charge is -2.37. The number of ether oxygens (including phenoxy) is 2. The van der Waals surface area contributed by atoms with Crippen LogP contribution in [-0.2, 0) is 29.0 Å². The van der Waals surface area contributed by atoms with Crippen molar-refractivity contribution in [2.24, 2.45) is 5.41 Å². The van der Waals surface area contributed by atoms with Crippen LogP contribution in [-0.4, -0.2) is 44.8 Å². The quantitative estimate of drug-likeness (QED) is 0.214. The lowest BCUT2D eigenvalue weighted by Crippen LogP contribution is -2.45. The van der Waals surface area contributed by atoms with Crippen LogP contribution in [0.1, 0.15) is 65.2 Å². The highest BCUT2D eigenvalue weighted by atomic mass is 79.9. The lowest BCUT2D eigenvalue weighted by molar-refractivity contribution is 0.0539. The zero-order valence-electron chi connectivity index (χ0n) is 28.1. The van der Waals surface area contributed by atoms with E-state index >= 15 is 0 Å². The molecule has 1 aliphatic rings. The number of nitriles is 1. The fourth-order valence-corrected chi connectivity index (χ4v) is 5.35. The predicted octanol–water partition coefficient (Wildman–Crippen LogP) is 8.34. The molecule has 0 aliphatic carbocycles. The number of hydrogen-bond donors (Lipinski definition) is 1. The van der Waals surface area contributed by atoms with E-state index in [-0.39, 0.29) is 30.3 Å². The van der Waals surface area contributed by atoms with Gasteiger partial charge < -0.3 is 20.1 Å². The van der Waals surface area contributed by atoms with E-state index in [1.807, 2.05) is 99.0 Å². The smallest absolute Gasteiger partial charge is 0.414 e. The van der Waals surface area contributed by atoms with Crippen LogP contribution in [0.4, 0.5) is 21.2 Å². The molecule has 0 spiro atoms. The molecule has 2 N–H and O–H groups in total. The molecule has 10 nitrogen and oxygen atoms in total. The SMILES string of the molecule is C[C@H](N(Cc1ccc2c(c1)nc(N)n2-c1ccc2c(c1)N(C(=O)OC(C)(C)C)CC2)C(=O)OCc1ccccc1)C(C)(C)C.N#CBr. The van der Waals surface area contributed by atoms with Crippen molar-refractivity contribution < 1.29 is 19.1 Å². The maximum atomic E-state index is 13.4. The second-order valence-electron chi connectivity index (χ2n) is 13.6. The van der Waals surface area contributed by atoms with E-state index in [1.54, 1.807) is 14.8 Å². The summed E-state index contributed by atoms with van der Waals surface area (Å²) in [5, 5.41) is 7.24. The number of nitrogen functional groups attached to an aromatic ring is 1. The summed E-state index contributed by atoms with van der Waals surface area (Å²) in [7, 11) is 0. The highest BCUT2D eigenvalue weighted by Gasteiger charge is 2.32. The summed E-state index contributed by atoms with van der Waals surface area (Å²) in [6, 6.07) is 21.5. The third kappa shape index (κ3) is 8.63. The first-order chi connectivity index (χ1) is 22.1. The molecule has 2 heterocycles. The molecule has 2 amide bonds. The number of amides is 2. The number of aromatic nitrogens is 2. The number of carbonyl (C=O) groups is 2. The number of halogens is 1. The average molecular weight is 704 g/mol. The number of nitrogens with zero attached hydrogens (tertiary/aromatic N) is 5. The van der Waals surface area contributed by atoms with Crippen LogP contribution in [0.5, 0.6) is 0 Å². The Bertz CT molecular complexity index is 1770. The van der Waals surface area contributed by atoms with Crippen molar-refractivity contribution in [3.05, 3.63) is 83.4 Å². The Kier molecular flexibility index (Phi) is 10.9. The fraction of sp³-hybridized carbons (Fsp3) is 0.389. The minimum absolute atomic E-state index is 0.0940. The van der Waals surface area contributed by atoms with E-state index in [2.05, 4.69) is 41.7 Å². The number of carbonyl (C=O) groups excluding carboxylic acids is 2. The molecule has 4 aromatic rings. The van der Waals surface area contributed by atoms with Crippen molar-refractivity contribution in [2.45, 2.75) is 79.7 Å².